The quantitative estimate of drug-likeness (QED) is 0.763. The first-order valence-electron chi connectivity index (χ1n) is 8.26. The summed E-state index contributed by atoms with van der Waals surface area (Å²) in [5.41, 5.74) is 2.02. The normalized spacial score (nSPS) is 11.9. The van der Waals surface area contributed by atoms with Crippen molar-refractivity contribution in [3.8, 4) is 11.1 Å². The minimum Gasteiger partial charge on any atom is -0.392 e. The second-order valence-corrected chi connectivity index (χ2v) is 7.40. The van der Waals surface area contributed by atoms with Gasteiger partial charge in [-0.15, -0.1) is 0 Å². The molecule has 130 valence electrons. The van der Waals surface area contributed by atoms with E-state index >= 15 is 0 Å². The van der Waals surface area contributed by atoms with Gasteiger partial charge in [0, 0.05) is 24.2 Å². The van der Waals surface area contributed by atoms with E-state index in [1.165, 1.54) is 10.6 Å². The van der Waals surface area contributed by atoms with Gasteiger partial charge in [-0.2, -0.15) is 0 Å². The Kier molecular flexibility index (Phi) is 4.25. The minimum absolute atomic E-state index is 0.0893. The zero-order chi connectivity index (χ0) is 18.4. The summed E-state index contributed by atoms with van der Waals surface area (Å²) < 4.78 is 16.4. The molecule has 2 aromatic carbocycles. The molecule has 4 heteroatoms. The van der Waals surface area contributed by atoms with E-state index in [4.69, 9.17) is 0 Å². The van der Waals surface area contributed by atoms with Crippen molar-refractivity contribution in [1.29, 1.82) is 0 Å². The van der Waals surface area contributed by atoms with Gasteiger partial charge in [0.05, 0.1) is 6.61 Å². The van der Waals surface area contributed by atoms with Crippen molar-refractivity contribution in [3.05, 3.63) is 69.9 Å². The Balaban J connectivity index is 2.35. The fourth-order valence-corrected chi connectivity index (χ4v) is 3.43. The van der Waals surface area contributed by atoms with Crippen molar-refractivity contribution in [2.45, 2.75) is 32.8 Å². The molecule has 0 amide bonds. The molecule has 0 aliphatic heterocycles. The van der Waals surface area contributed by atoms with E-state index in [0.29, 0.717) is 22.1 Å². The van der Waals surface area contributed by atoms with Crippen molar-refractivity contribution in [3.63, 3.8) is 0 Å². The third kappa shape index (κ3) is 2.98. The Morgan fingerprint density at radius 3 is 2.36 bits per heavy atom. The summed E-state index contributed by atoms with van der Waals surface area (Å²) in [6, 6.07) is 10.6. The van der Waals surface area contributed by atoms with E-state index in [1.807, 2.05) is 45.0 Å². The summed E-state index contributed by atoms with van der Waals surface area (Å²) in [7, 11) is 1.69. The van der Waals surface area contributed by atoms with E-state index in [-0.39, 0.29) is 18.0 Å². The second kappa shape index (κ2) is 6.12. The summed E-state index contributed by atoms with van der Waals surface area (Å²) in [4.78, 5) is 12.3. The number of hydrogen-bond acceptors (Lipinski definition) is 2. The van der Waals surface area contributed by atoms with Gasteiger partial charge in [0.1, 0.15) is 5.82 Å². The number of halogens is 1. The number of nitrogens with zero attached hydrogens (tertiary/aromatic N) is 1. The molecule has 3 aromatic rings. The molecule has 0 atom stereocenters. The van der Waals surface area contributed by atoms with Gasteiger partial charge in [-0.3, -0.25) is 4.79 Å². The molecule has 1 aromatic heterocycles. The lowest BCUT2D eigenvalue weighted by Gasteiger charge is -2.24. The number of aliphatic hydroxyl groups is 1. The molecule has 0 bridgehead atoms. The van der Waals surface area contributed by atoms with Gasteiger partial charge >= 0.3 is 0 Å². The maximum absolute atomic E-state index is 14.9. The van der Waals surface area contributed by atoms with Crippen molar-refractivity contribution in [1.82, 2.24) is 4.57 Å². The van der Waals surface area contributed by atoms with E-state index in [1.54, 1.807) is 19.3 Å². The number of fused-ring (bicyclic) bond motifs is 1. The van der Waals surface area contributed by atoms with Crippen molar-refractivity contribution in [2.24, 2.45) is 7.05 Å². The molecule has 0 radical (unpaired) electrons. The lowest BCUT2D eigenvalue weighted by atomic mass is 9.82. The van der Waals surface area contributed by atoms with Gasteiger partial charge < -0.3 is 9.67 Å². The van der Waals surface area contributed by atoms with Gasteiger partial charge in [-0.05, 0) is 45.7 Å². The van der Waals surface area contributed by atoms with Crippen LogP contribution in [-0.2, 0) is 19.1 Å². The molecule has 25 heavy (non-hydrogen) atoms. The molecular formula is C21H22FNO2. The molecule has 3 nitrogen and oxygen atoms in total. The highest BCUT2D eigenvalue weighted by Crippen LogP contribution is 2.34. The molecule has 1 N–H and O–H groups in total. The third-order valence-corrected chi connectivity index (χ3v) is 4.49. The Morgan fingerprint density at radius 1 is 1.12 bits per heavy atom. The zero-order valence-corrected chi connectivity index (χ0v) is 14.9. The highest BCUT2D eigenvalue weighted by Gasteiger charge is 2.23. The molecule has 0 spiro atoms. The predicted octanol–water partition coefficient (Wildman–Crippen LogP) is 4.13. The van der Waals surface area contributed by atoms with E-state index < -0.39 is 5.41 Å². The fourth-order valence-electron chi connectivity index (χ4n) is 3.43. The van der Waals surface area contributed by atoms with E-state index in [0.717, 1.165) is 10.9 Å². The van der Waals surface area contributed by atoms with Gasteiger partial charge in [-0.25, -0.2) is 4.39 Å². The highest BCUT2D eigenvalue weighted by molar-refractivity contribution is 5.95. The monoisotopic (exact) mass is 339 g/mol. The van der Waals surface area contributed by atoms with Crippen molar-refractivity contribution in [2.75, 3.05) is 0 Å². The number of rotatable bonds is 2. The Morgan fingerprint density at radius 2 is 1.76 bits per heavy atom. The van der Waals surface area contributed by atoms with Gasteiger partial charge in [0.15, 0.2) is 0 Å². The number of aromatic nitrogens is 1. The first-order valence-corrected chi connectivity index (χ1v) is 8.26. The molecule has 0 fully saturated rings. The molecule has 0 unspecified atom stereocenters. The number of pyridine rings is 1. The molecular weight excluding hydrogens is 317 g/mol. The largest absolute Gasteiger partial charge is 0.392 e. The minimum atomic E-state index is -0.410. The SMILES string of the molecule is Cn1cc(-c2cc(F)c(C(C)(C)C)c(CO)c2)c2ccccc2c1=O. The summed E-state index contributed by atoms with van der Waals surface area (Å²) >= 11 is 0. The van der Waals surface area contributed by atoms with Gasteiger partial charge in [0.2, 0.25) is 0 Å². The van der Waals surface area contributed by atoms with Crippen LogP contribution in [0.4, 0.5) is 4.39 Å². The van der Waals surface area contributed by atoms with Crippen LogP contribution in [-0.4, -0.2) is 9.67 Å². The fraction of sp³-hybridized carbons (Fsp3) is 0.286. The molecule has 0 saturated heterocycles. The first-order chi connectivity index (χ1) is 11.7. The average molecular weight is 339 g/mol. The van der Waals surface area contributed by atoms with Crippen molar-refractivity contribution < 1.29 is 9.50 Å². The number of aliphatic hydroxyl groups excluding tert-OH is 1. The van der Waals surface area contributed by atoms with Crippen LogP contribution in [0.2, 0.25) is 0 Å². The second-order valence-electron chi connectivity index (χ2n) is 7.40. The average Bonchev–Trinajstić information content (AvgIpc) is 2.56. The van der Waals surface area contributed by atoms with Crippen LogP contribution in [0.5, 0.6) is 0 Å². The molecule has 3 rings (SSSR count). The zero-order valence-electron chi connectivity index (χ0n) is 14.9. The molecule has 1 heterocycles. The van der Waals surface area contributed by atoms with Crippen LogP contribution in [0.15, 0.2) is 47.4 Å². The summed E-state index contributed by atoms with van der Waals surface area (Å²) in [5, 5.41) is 11.1. The molecule has 0 saturated carbocycles. The number of hydrogen-bond donors (Lipinski definition) is 1. The lowest BCUT2D eigenvalue weighted by molar-refractivity contribution is 0.277. The number of aryl methyl sites for hydroxylation is 1. The van der Waals surface area contributed by atoms with Crippen LogP contribution in [0.1, 0.15) is 31.9 Å². The summed E-state index contributed by atoms with van der Waals surface area (Å²) in [5.74, 6) is -0.341. The lowest BCUT2D eigenvalue weighted by Crippen LogP contribution is -2.18. The first kappa shape index (κ1) is 17.4. The molecule has 0 aliphatic rings. The maximum Gasteiger partial charge on any atom is 0.258 e. The standard InChI is InChI=1S/C21H22FNO2/c1-21(2,3)19-14(12-24)9-13(10-18(19)22)17-11-23(4)20(25)16-8-6-5-7-15(16)17/h5-11,24H,12H2,1-4H3. The summed E-state index contributed by atoms with van der Waals surface area (Å²) in [6.07, 6.45) is 1.72. The maximum atomic E-state index is 14.9. The van der Waals surface area contributed by atoms with Crippen LogP contribution in [0.3, 0.4) is 0 Å². The van der Waals surface area contributed by atoms with Crippen LogP contribution in [0, 0.1) is 5.82 Å². The van der Waals surface area contributed by atoms with Crippen molar-refractivity contribution >= 4 is 10.8 Å². The van der Waals surface area contributed by atoms with Gasteiger partial charge in [-0.1, -0.05) is 39.0 Å². The predicted molar refractivity (Wildman–Crippen MR) is 99.2 cm³/mol. The van der Waals surface area contributed by atoms with E-state index in [9.17, 15) is 14.3 Å². The van der Waals surface area contributed by atoms with Gasteiger partial charge in [0.25, 0.3) is 5.56 Å². The van der Waals surface area contributed by atoms with E-state index in [2.05, 4.69) is 0 Å². The Bertz CT molecular complexity index is 1010. The van der Waals surface area contributed by atoms with Crippen LogP contribution in [0.25, 0.3) is 21.9 Å². The Labute approximate surface area is 146 Å². The smallest absolute Gasteiger partial charge is 0.258 e. The summed E-state index contributed by atoms with van der Waals surface area (Å²) in [6.45, 7) is 5.53. The van der Waals surface area contributed by atoms with Crippen LogP contribution < -0.4 is 5.56 Å². The topological polar surface area (TPSA) is 42.2 Å². The highest BCUT2D eigenvalue weighted by atomic mass is 19.1. The number of benzene rings is 2. The molecule has 0 aliphatic carbocycles. The Hall–Kier alpha value is -2.46. The van der Waals surface area contributed by atoms with Crippen LogP contribution >= 0.6 is 0 Å². The third-order valence-electron chi connectivity index (χ3n) is 4.49.